The van der Waals surface area contributed by atoms with E-state index in [1.807, 2.05) is 0 Å². The van der Waals surface area contributed by atoms with Crippen LogP contribution in [-0.2, 0) is 9.59 Å². The van der Waals surface area contributed by atoms with Crippen LogP contribution in [-0.4, -0.2) is 47.4 Å². The highest BCUT2D eigenvalue weighted by Crippen LogP contribution is 2.19. The fourth-order valence-corrected chi connectivity index (χ4v) is 2.46. The molecule has 0 bridgehead atoms. The number of carboxylic acids is 1. The molecular formula is C15H17FN2O4. The lowest BCUT2D eigenvalue weighted by Crippen LogP contribution is -2.46. The summed E-state index contributed by atoms with van der Waals surface area (Å²) in [5.74, 6) is -2.56. The molecular weight excluding hydrogens is 291 g/mol. The molecule has 1 aromatic carbocycles. The zero-order chi connectivity index (χ0) is 16.1. The SMILES string of the molecule is O=C(O)CNC(=O)C1CCCN(C(=O)c2ccc(F)cc2)C1. The summed E-state index contributed by atoms with van der Waals surface area (Å²) in [6.45, 7) is 0.335. The van der Waals surface area contributed by atoms with Gasteiger partial charge in [0.1, 0.15) is 12.4 Å². The highest BCUT2D eigenvalue weighted by Gasteiger charge is 2.29. The van der Waals surface area contributed by atoms with E-state index in [2.05, 4.69) is 5.32 Å². The molecule has 22 heavy (non-hydrogen) atoms. The topological polar surface area (TPSA) is 86.7 Å². The molecule has 1 unspecified atom stereocenters. The van der Waals surface area contributed by atoms with Gasteiger partial charge in [-0.3, -0.25) is 14.4 Å². The third-order valence-corrected chi connectivity index (χ3v) is 3.58. The van der Waals surface area contributed by atoms with E-state index in [0.29, 0.717) is 24.9 Å². The molecule has 0 aromatic heterocycles. The molecule has 118 valence electrons. The quantitative estimate of drug-likeness (QED) is 0.864. The summed E-state index contributed by atoms with van der Waals surface area (Å²) in [5.41, 5.74) is 0.369. The molecule has 1 aliphatic rings. The van der Waals surface area contributed by atoms with Gasteiger partial charge < -0.3 is 15.3 Å². The second-order valence-electron chi connectivity index (χ2n) is 5.21. The maximum Gasteiger partial charge on any atom is 0.322 e. The maximum atomic E-state index is 12.9. The summed E-state index contributed by atoms with van der Waals surface area (Å²) in [5, 5.41) is 10.9. The lowest BCUT2D eigenvalue weighted by molar-refractivity contribution is -0.138. The van der Waals surface area contributed by atoms with Crippen molar-refractivity contribution in [1.29, 1.82) is 0 Å². The van der Waals surface area contributed by atoms with Crippen molar-refractivity contribution in [3.63, 3.8) is 0 Å². The number of piperidine rings is 1. The van der Waals surface area contributed by atoms with Crippen LogP contribution < -0.4 is 5.32 Å². The molecule has 1 fully saturated rings. The lowest BCUT2D eigenvalue weighted by atomic mass is 9.96. The van der Waals surface area contributed by atoms with Crippen LogP contribution in [0.15, 0.2) is 24.3 Å². The number of nitrogens with one attached hydrogen (secondary N) is 1. The van der Waals surface area contributed by atoms with Crippen molar-refractivity contribution in [3.8, 4) is 0 Å². The highest BCUT2D eigenvalue weighted by atomic mass is 19.1. The van der Waals surface area contributed by atoms with Crippen molar-refractivity contribution in [1.82, 2.24) is 10.2 Å². The van der Waals surface area contributed by atoms with E-state index in [4.69, 9.17) is 5.11 Å². The molecule has 2 amide bonds. The molecule has 1 atom stereocenters. The fraction of sp³-hybridized carbons (Fsp3) is 0.400. The zero-order valence-corrected chi connectivity index (χ0v) is 11.9. The van der Waals surface area contributed by atoms with E-state index in [0.717, 1.165) is 0 Å². The fourth-order valence-electron chi connectivity index (χ4n) is 2.46. The van der Waals surface area contributed by atoms with Crippen LogP contribution in [0.2, 0.25) is 0 Å². The predicted octanol–water partition coefficient (Wildman–Crippen LogP) is 0.879. The summed E-state index contributed by atoms with van der Waals surface area (Å²) in [6, 6.07) is 5.25. The predicted molar refractivity (Wildman–Crippen MR) is 75.7 cm³/mol. The summed E-state index contributed by atoms with van der Waals surface area (Å²) in [6.07, 6.45) is 1.27. The van der Waals surface area contributed by atoms with Gasteiger partial charge in [-0.05, 0) is 37.1 Å². The molecule has 1 saturated heterocycles. The summed E-state index contributed by atoms with van der Waals surface area (Å²) in [4.78, 5) is 36.2. The molecule has 2 rings (SSSR count). The lowest BCUT2D eigenvalue weighted by Gasteiger charge is -2.32. The Morgan fingerprint density at radius 2 is 1.95 bits per heavy atom. The summed E-state index contributed by atoms with van der Waals surface area (Å²) in [7, 11) is 0. The Morgan fingerprint density at radius 1 is 1.27 bits per heavy atom. The number of benzene rings is 1. The number of hydrogen-bond donors (Lipinski definition) is 2. The Morgan fingerprint density at radius 3 is 2.59 bits per heavy atom. The molecule has 1 heterocycles. The average molecular weight is 308 g/mol. The van der Waals surface area contributed by atoms with Crippen LogP contribution in [0.4, 0.5) is 4.39 Å². The van der Waals surface area contributed by atoms with Crippen LogP contribution in [0.5, 0.6) is 0 Å². The monoisotopic (exact) mass is 308 g/mol. The molecule has 0 saturated carbocycles. The van der Waals surface area contributed by atoms with Crippen LogP contribution in [0, 0.1) is 11.7 Å². The minimum Gasteiger partial charge on any atom is -0.480 e. The van der Waals surface area contributed by atoms with Gasteiger partial charge in [-0.1, -0.05) is 0 Å². The number of rotatable bonds is 4. The summed E-state index contributed by atoms with van der Waals surface area (Å²) < 4.78 is 12.9. The number of carbonyl (C=O) groups is 3. The maximum absolute atomic E-state index is 12.9. The van der Waals surface area contributed by atoms with E-state index in [-0.39, 0.29) is 18.4 Å². The van der Waals surface area contributed by atoms with E-state index in [1.54, 1.807) is 4.90 Å². The first-order valence-corrected chi connectivity index (χ1v) is 7.01. The van der Waals surface area contributed by atoms with Crippen LogP contribution >= 0.6 is 0 Å². The number of carbonyl (C=O) groups excluding carboxylic acids is 2. The van der Waals surface area contributed by atoms with Gasteiger partial charge in [0.25, 0.3) is 5.91 Å². The third-order valence-electron chi connectivity index (χ3n) is 3.58. The molecule has 0 spiro atoms. The molecule has 0 radical (unpaired) electrons. The third kappa shape index (κ3) is 4.03. The second kappa shape index (κ2) is 7.02. The zero-order valence-electron chi connectivity index (χ0n) is 11.9. The number of halogens is 1. The second-order valence-corrected chi connectivity index (χ2v) is 5.21. The van der Waals surface area contributed by atoms with E-state index < -0.39 is 24.2 Å². The standard InChI is InChI=1S/C15H17FN2O4/c16-12-5-3-10(4-6-12)15(22)18-7-1-2-11(9-18)14(21)17-8-13(19)20/h3-6,11H,1-2,7-9H2,(H,17,21)(H,19,20). The Hall–Kier alpha value is -2.44. The minimum atomic E-state index is -1.11. The van der Waals surface area contributed by atoms with E-state index >= 15 is 0 Å². The summed E-state index contributed by atoms with van der Waals surface area (Å²) >= 11 is 0. The van der Waals surface area contributed by atoms with Gasteiger partial charge in [0.2, 0.25) is 5.91 Å². The van der Waals surface area contributed by atoms with Crippen molar-refractivity contribution in [3.05, 3.63) is 35.6 Å². The van der Waals surface area contributed by atoms with E-state index in [9.17, 15) is 18.8 Å². The van der Waals surface area contributed by atoms with Crippen molar-refractivity contribution >= 4 is 17.8 Å². The van der Waals surface area contributed by atoms with E-state index in [1.165, 1.54) is 24.3 Å². The number of carboxylic acid groups (broad SMARTS) is 1. The van der Waals surface area contributed by atoms with Gasteiger partial charge >= 0.3 is 5.97 Å². The minimum absolute atomic E-state index is 0.238. The molecule has 0 aliphatic carbocycles. The van der Waals surface area contributed by atoms with Crippen molar-refractivity contribution in [2.75, 3.05) is 19.6 Å². The molecule has 6 nitrogen and oxygen atoms in total. The average Bonchev–Trinajstić information content (AvgIpc) is 2.52. The van der Waals surface area contributed by atoms with Gasteiger partial charge in [0.15, 0.2) is 0 Å². The number of aliphatic carboxylic acids is 1. The van der Waals surface area contributed by atoms with Gasteiger partial charge in [0, 0.05) is 18.7 Å². The van der Waals surface area contributed by atoms with Gasteiger partial charge in [-0.15, -0.1) is 0 Å². The van der Waals surface area contributed by atoms with Crippen LogP contribution in [0.1, 0.15) is 23.2 Å². The normalized spacial score (nSPS) is 17.9. The molecule has 1 aliphatic heterocycles. The largest absolute Gasteiger partial charge is 0.480 e. The molecule has 1 aromatic rings. The number of nitrogens with zero attached hydrogens (tertiary/aromatic N) is 1. The van der Waals surface area contributed by atoms with Crippen molar-refractivity contribution < 1.29 is 23.9 Å². The number of amides is 2. The van der Waals surface area contributed by atoms with Crippen LogP contribution in [0.25, 0.3) is 0 Å². The Kier molecular flexibility index (Phi) is 5.08. The molecule has 2 N–H and O–H groups in total. The van der Waals surface area contributed by atoms with Crippen molar-refractivity contribution in [2.24, 2.45) is 5.92 Å². The van der Waals surface area contributed by atoms with Gasteiger partial charge in [0.05, 0.1) is 5.92 Å². The van der Waals surface area contributed by atoms with Crippen molar-refractivity contribution in [2.45, 2.75) is 12.8 Å². The molecule has 7 heteroatoms. The van der Waals surface area contributed by atoms with Gasteiger partial charge in [-0.2, -0.15) is 0 Å². The first-order chi connectivity index (χ1) is 10.5. The Labute approximate surface area is 126 Å². The number of hydrogen-bond acceptors (Lipinski definition) is 3. The highest BCUT2D eigenvalue weighted by molar-refractivity contribution is 5.94. The number of likely N-dealkylation sites (tertiary alicyclic amines) is 1. The van der Waals surface area contributed by atoms with Gasteiger partial charge in [-0.25, -0.2) is 4.39 Å². The smallest absolute Gasteiger partial charge is 0.322 e. The first-order valence-electron chi connectivity index (χ1n) is 7.01. The Bertz CT molecular complexity index is 573. The Balaban J connectivity index is 1.97. The first kappa shape index (κ1) is 15.9. The van der Waals surface area contributed by atoms with Crippen LogP contribution in [0.3, 0.4) is 0 Å².